The van der Waals surface area contributed by atoms with Gasteiger partial charge in [0.2, 0.25) is 6.23 Å². The minimum absolute atomic E-state index is 0.200. The summed E-state index contributed by atoms with van der Waals surface area (Å²) in [4.78, 5) is 4.61. The number of nitrogens with zero attached hydrogens (tertiary/aromatic N) is 2. The summed E-state index contributed by atoms with van der Waals surface area (Å²) in [6.45, 7) is 0. The first-order valence-electron chi connectivity index (χ1n) is 9.10. The second kappa shape index (κ2) is 5.72. The van der Waals surface area contributed by atoms with Crippen LogP contribution in [-0.4, -0.2) is 15.7 Å². The number of nitrogens with one attached hydrogen (secondary N) is 1. The van der Waals surface area contributed by atoms with Crippen molar-refractivity contribution in [1.82, 2.24) is 9.99 Å². The van der Waals surface area contributed by atoms with Gasteiger partial charge in [0.15, 0.2) is 0 Å². The Morgan fingerprint density at radius 1 is 1.00 bits per heavy atom. The van der Waals surface area contributed by atoms with Crippen LogP contribution < -0.4 is 4.74 Å². The molecule has 0 saturated carbocycles. The maximum Gasteiger partial charge on any atom is 0.215 e. The van der Waals surface area contributed by atoms with Crippen molar-refractivity contribution in [2.24, 2.45) is 5.10 Å². The van der Waals surface area contributed by atoms with E-state index < -0.39 is 0 Å². The van der Waals surface area contributed by atoms with Crippen LogP contribution in [0.4, 0.5) is 0 Å². The van der Waals surface area contributed by atoms with Crippen LogP contribution >= 0.6 is 11.3 Å². The lowest BCUT2D eigenvalue weighted by Crippen LogP contribution is -2.33. The summed E-state index contributed by atoms with van der Waals surface area (Å²) in [5.41, 5.74) is 4.60. The van der Waals surface area contributed by atoms with Crippen LogP contribution in [0.25, 0.3) is 10.9 Å². The number of aromatic nitrogens is 1. The number of benzene rings is 2. The fourth-order valence-corrected chi connectivity index (χ4v) is 4.85. The highest BCUT2D eigenvalue weighted by Crippen LogP contribution is 2.48. The second-order valence-electron chi connectivity index (χ2n) is 6.92. The fourth-order valence-electron chi connectivity index (χ4n) is 4.13. The molecule has 4 aromatic rings. The van der Waals surface area contributed by atoms with Gasteiger partial charge in [0.05, 0.1) is 16.6 Å². The number of H-pyrrole nitrogens is 1. The second-order valence-corrected chi connectivity index (χ2v) is 7.87. The molecule has 0 unspecified atom stereocenters. The van der Waals surface area contributed by atoms with Crippen LogP contribution in [0.5, 0.6) is 5.75 Å². The van der Waals surface area contributed by atoms with E-state index in [1.165, 1.54) is 15.8 Å². The molecule has 1 N–H and O–H groups in total. The maximum absolute atomic E-state index is 6.47. The molecule has 0 bridgehead atoms. The number of aromatic amines is 1. The zero-order valence-electron chi connectivity index (χ0n) is 14.5. The highest BCUT2D eigenvalue weighted by molar-refractivity contribution is 7.12. The molecule has 0 amide bonds. The van der Waals surface area contributed by atoms with Crippen molar-refractivity contribution in [3.63, 3.8) is 0 Å². The predicted molar refractivity (Wildman–Crippen MR) is 108 cm³/mol. The van der Waals surface area contributed by atoms with Gasteiger partial charge in [-0.05, 0) is 23.6 Å². The van der Waals surface area contributed by atoms with Crippen molar-refractivity contribution in [3.05, 3.63) is 88.2 Å². The van der Waals surface area contributed by atoms with E-state index in [1.807, 2.05) is 12.1 Å². The number of thiophene rings is 1. The van der Waals surface area contributed by atoms with Crippen LogP contribution in [0, 0.1) is 0 Å². The van der Waals surface area contributed by atoms with E-state index in [2.05, 4.69) is 70.1 Å². The molecule has 2 aliphatic heterocycles. The average Bonchev–Trinajstić information content (AvgIpc) is 3.46. The number of hydrogen-bond donors (Lipinski definition) is 1. The molecular weight excluding hydrogens is 354 g/mol. The van der Waals surface area contributed by atoms with Gasteiger partial charge < -0.3 is 9.72 Å². The largest absolute Gasteiger partial charge is 0.464 e. The smallest absolute Gasteiger partial charge is 0.215 e. The third-order valence-electron chi connectivity index (χ3n) is 5.39. The van der Waals surface area contributed by atoms with Gasteiger partial charge in [0.25, 0.3) is 0 Å². The van der Waals surface area contributed by atoms with Crippen molar-refractivity contribution < 1.29 is 4.74 Å². The molecular formula is C22H17N3OS. The topological polar surface area (TPSA) is 40.6 Å². The lowest BCUT2D eigenvalue weighted by molar-refractivity contribution is -0.0180. The Morgan fingerprint density at radius 2 is 1.89 bits per heavy atom. The number of hydrogen-bond acceptors (Lipinski definition) is 4. The molecule has 0 spiro atoms. The Labute approximate surface area is 160 Å². The summed E-state index contributed by atoms with van der Waals surface area (Å²) in [6.07, 6.45) is 2.72. The molecule has 4 nitrogen and oxygen atoms in total. The molecule has 0 aliphatic carbocycles. The third kappa shape index (κ3) is 2.25. The number of rotatable bonds is 2. The summed E-state index contributed by atoms with van der Waals surface area (Å²) < 4.78 is 6.47. The first kappa shape index (κ1) is 15.1. The molecule has 2 aliphatic rings. The Kier molecular flexibility index (Phi) is 3.19. The van der Waals surface area contributed by atoms with Crippen LogP contribution in [0.3, 0.4) is 0 Å². The average molecular weight is 371 g/mol. The van der Waals surface area contributed by atoms with Gasteiger partial charge in [0, 0.05) is 34.6 Å². The van der Waals surface area contributed by atoms with Gasteiger partial charge in [0.1, 0.15) is 5.75 Å². The zero-order chi connectivity index (χ0) is 17.8. The van der Waals surface area contributed by atoms with Crippen molar-refractivity contribution in [3.8, 4) is 5.75 Å². The van der Waals surface area contributed by atoms with E-state index in [0.29, 0.717) is 0 Å². The van der Waals surface area contributed by atoms with E-state index in [9.17, 15) is 0 Å². The van der Waals surface area contributed by atoms with Gasteiger partial charge in [-0.15, -0.1) is 11.3 Å². The van der Waals surface area contributed by atoms with Gasteiger partial charge in [-0.2, -0.15) is 5.10 Å². The highest BCUT2D eigenvalue weighted by atomic mass is 32.1. The van der Waals surface area contributed by atoms with Gasteiger partial charge in [-0.1, -0.05) is 42.5 Å². The predicted octanol–water partition coefficient (Wildman–Crippen LogP) is 5.47. The summed E-state index contributed by atoms with van der Waals surface area (Å²) in [5, 5.41) is 10.5. The number of ether oxygens (including phenoxy) is 1. The maximum atomic E-state index is 6.47. The Morgan fingerprint density at radius 3 is 2.81 bits per heavy atom. The van der Waals surface area contributed by atoms with Gasteiger partial charge >= 0.3 is 0 Å². The fraction of sp³-hybridized carbons (Fsp3) is 0.136. The molecule has 5 heteroatoms. The van der Waals surface area contributed by atoms with E-state index in [4.69, 9.17) is 9.84 Å². The van der Waals surface area contributed by atoms with E-state index >= 15 is 0 Å². The van der Waals surface area contributed by atoms with Crippen LogP contribution in [-0.2, 0) is 0 Å². The zero-order valence-corrected chi connectivity index (χ0v) is 15.3. The summed E-state index contributed by atoms with van der Waals surface area (Å²) in [6, 6.07) is 21.1. The summed E-state index contributed by atoms with van der Waals surface area (Å²) in [7, 11) is 0. The number of hydrazone groups is 1. The number of fused-ring (bicyclic) bond motifs is 4. The monoisotopic (exact) mass is 371 g/mol. The third-order valence-corrected chi connectivity index (χ3v) is 6.31. The normalized spacial score (nSPS) is 20.9. The van der Waals surface area contributed by atoms with Gasteiger partial charge in [-0.3, -0.25) is 0 Å². The van der Waals surface area contributed by atoms with Gasteiger partial charge in [-0.25, -0.2) is 5.01 Å². The molecule has 132 valence electrons. The van der Waals surface area contributed by atoms with Crippen LogP contribution in [0.1, 0.15) is 34.7 Å². The van der Waals surface area contributed by atoms with E-state index in [1.54, 1.807) is 11.3 Å². The standard InChI is InChI=1S/C22H17N3OS/c1-3-8-17-14(6-1)16(13-23-17)22-25-19(15-7-2-4-9-20(15)26-22)12-18(24-25)21-10-5-11-27-21/h1-11,13,19,22-23H,12H2/t19-,22+/m0/s1. The molecule has 4 heterocycles. The summed E-state index contributed by atoms with van der Waals surface area (Å²) in [5.74, 6) is 0.955. The highest BCUT2D eigenvalue weighted by Gasteiger charge is 2.41. The SMILES string of the molecule is c1csc(C2=NN3[C@@H](c4c[nH]c5ccccc45)Oc4ccccc4[C@@H]3C2)c1. The Hall–Kier alpha value is -3.05. The minimum Gasteiger partial charge on any atom is -0.464 e. The van der Waals surface area contributed by atoms with Crippen molar-refractivity contribution >= 4 is 28.0 Å². The lowest BCUT2D eigenvalue weighted by atomic mass is 9.97. The molecule has 2 aromatic heterocycles. The molecule has 2 atom stereocenters. The van der Waals surface area contributed by atoms with E-state index in [0.717, 1.165) is 29.0 Å². The van der Waals surface area contributed by atoms with Crippen molar-refractivity contribution in [2.75, 3.05) is 0 Å². The molecule has 6 rings (SSSR count). The Bertz CT molecular complexity index is 1160. The van der Waals surface area contributed by atoms with Crippen LogP contribution in [0.15, 0.2) is 77.3 Å². The van der Waals surface area contributed by atoms with E-state index in [-0.39, 0.29) is 12.3 Å². The quantitative estimate of drug-likeness (QED) is 0.507. The molecule has 0 fully saturated rings. The van der Waals surface area contributed by atoms with Crippen LogP contribution in [0.2, 0.25) is 0 Å². The molecule has 2 aromatic carbocycles. The summed E-state index contributed by atoms with van der Waals surface area (Å²) >= 11 is 1.74. The molecule has 27 heavy (non-hydrogen) atoms. The van der Waals surface area contributed by atoms with Crippen molar-refractivity contribution in [1.29, 1.82) is 0 Å². The molecule has 0 radical (unpaired) electrons. The minimum atomic E-state index is -0.237. The van der Waals surface area contributed by atoms with Crippen molar-refractivity contribution in [2.45, 2.75) is 18.7 Å². The first-order chi connectivity index (χ1) is 13.4. The Balaban J connectivity index is 1.51. The lowest BCUT2D eigenvalue weighted by Gasteiger charge is -2.37. The first-order valence-corrected chi connectivity index (χ1v) is 9.98. The molecule has 0 saturated heterocycles. The number of para-hydroxylation sites is 2.